The van der Waals surface area contributed by atoms with Crippen molar-refractivity contribution in [3.05, 3.63) is 23.3 Å². The van der Waals surface area contributed by atoms with E-state index in [-0.39, 0.29) is 4.75 Å². The highest BCUT2D eigenvalue weighted by Crippen LogP contribution is 2.53. The molecule has 1 aromatic carbocycles. The zero-order valence-corrected chi connectivity index (χ0v) is 10.6. The van der Waals surface area contributed by atoms with Crippen LogP contribution in [0.1, 0.15) is 24.0 Å². The smallest absolute Gasteiger partial charge is 0.132 e. The first-order valence-electron chi connectivity index (χ1n) is 5.36. The van der Waals surface area contributed by atoms with E-state index in [1.807, 2.05) is 6.07 Å². The number of rotatable bonds is 3. The lowest BCUT2D eigenvalue weighted by Crippen LogP contribution is -1.99. The predicted molar refractivity (Wildman–Crippen MR) is 65.9 cm³/mol. The minimum Gasteiger partial charge on any atom is -0.496 e. The SMILES string of the molecule is COc1cc(C)c(C)cc1SC1(C#N)CC1. The summed E-state index contributed by atoms with van der Waals surface area (Å²) in [6, 6.07) is 6.56. The first-order chi connectivity index (χ1) is 7.60. The molecule has 0 aromatic heterocycles. The largest absolute Gasteiger partial charge is 0.496 e. The summed E-state index contributed by atoms with van der Waals surface area (Å²) >= 11 is 1.64. The van der Waals surface area contributed by atoms with Gasteiger partial charge in [-0.3, -0.25) is 0 Å². The molecule has 1 fully saturated rings. The summed E-state index contributed by atoms with van der Waals surface area (Å²) in [6.45, 7) is 4.16. The maximum Gasteiger partial charge on any atom is 0.132 e. The Hall–Kier alpha value is -1.14. The first-order valence-corrected chi connectivity index (χ1v) is 6.17. The standard InChI is InChI=1S/C13H15NOS/c1-9-6-11(15-3)12(7-10(9)2)16-13(8-14)4-5-13/h6-7H,4-5H2,1-3H3. The highest BCUT2D eigenvalue weighted by molar-refractivity contribution is 8.01. The van der Waals surface area contributed by atoms with Crippen LogP contribution in [0, 0.1) is 25.2 Å². The fourth-order valence-electron chi connectivity index (χ4n) is 1.56. The van der Waals surface area contributed by atoms with Gasteiger partial charge < -0.3 is 4.74 Å². The summed E-state index contributed by atoms with van der Waals surface area (Å²) in [5.41, 5.74) is 2.47. The third-order valence-corrected chi connectivity index (χ3v) is 4.42. The van der Waals surface area contributed by atoms with Gasteiger partial charge in [0.05, 0.1) is 18.1 Å². The van der Waals surface area contributed by atoms with E-state index in [1.165, 1.54) is 11.1 Å². The summed E-state index contributed by atoms with van der Waals surface area (Å²) < 4.78 is 5.18. The van der Waals surface area contributed by atoms with E-state index in [0.717, 1.165) is 23.5 Å². The molecule has 3 heteroatoms. The van der Waals surface area contributed by atoms with Crippen LogP contribution < -0.4 is 4.74 Å². The van der Waals surface area contributed by atoms with Crippen molar-refractivity contribution in [1.82, 2.24) is 0 Å². The van der Waals surface area contributed by atoms with Gasteiger partial charge in [0.1, 0.15) is 10.5 Å². The van der Waals surface area contributed by atoms with Crippen molar-refractivity contribution in [3.8, 4) is 11.8 Å². The molecule has 0 amide bonds. The third kappa shape index (κ3) is 2.03. The van der Waals surface area contributed by atoms with E-state index < -0.39 is 0 Å². The molecule has 0 bridgehead atoms. The van der Waals surface area contributed by atoms with Crippen molar-refractivity contribution in [1.29, 1.82) is 5.26 Å². The maximum absolute atomic E-state index is 9.09. The number of hydrogen-bond acceptors (Lipinski definition) is 3. The van der Waals surface area contributed by atoms with Gasteiger partial charge in [-0.2, -0.15) is 5.26 Å². The monoisotopic (exact) mass is 233 g/mol. The molecular weight excluding hydrogens is 218 g/mol. The van der Waals surface area contributed by atoms with Crippen LogP contribution in [0.25, 0.3) is 0 Å². The molecule has 0 heterocycles. The average molecular weight is 233 g/mol. The molecule has 0 unspecified atom stereocenters. The van der Waals surface area contributed by atoms with Crippen molar-refractivity contribution in [2.75, 3.05) is 7.11 Å². The van der Waals surface area contributed by atoms with Gasteiger partial charge in [-0.1, -0.05) is 11.8 Å². The van der Waals surface area contributed by atoms with E-state index in [1.54, 1.807) is 18.9 Å². The van der Waals surface area contributed by atoms with Gasteiger partial charge in [0.25, 0.3) is 0 Å². The van der Waals surface area contributed by atoms with Crippen LogP contribution in [-0.4, -0.2) is 11.9 Å². The lowest BCUT2D eigenvalue weighted by molar-refractivity contribution is 0.404. The molecule has 0 N–H and O–H groups in total. The number of ether oxygens (including phenoxy) is 1. The molecule has 1 aromatic rings. The molecule has 84 valence electrons. The molecular formula is C13H15NOS. The highest BCUT2D eigenvalue weighted by Gasteiger charge is 2.44. The highest BCUT2D eigenvalue weighted by atomic mass is 32.2. The number of methoxy groups -OCH3 is 1. The van der Waals surface area contributed by atoms with Gasteiger partial charge in [-0.15, -0.1) is 0 Å². The fraction of sp³-hybridized carbons (Fsp3) is 0.462. The second-order valence-corrected chi connectivity index (χ2v) is 5.72. The van der Waals surface area contributed by atoms with Crippen LogP contribution in [0.15, 0.2) is 17.0 Å². The predicted octanol–water partition coefficient (Wildman–Crippen LogP) is 3.46. The topological polar surface area (TPSA) is 33.0 Å². The molecule has 16 heavy (non-hydrogen) atoms. The van der Waals surface area contributed by atoms with Crippen LogP contribution in [0.4, 0.5) is 0 Å². The van der Waals surface area contributed by atoms with Gasteiger partial charge in [0, 0.05) is 0 Å². The molecule has 0 radical (unpaired) electrons. The van der Waals surface area contributed by atoms with Gasteiger partial charge in [0.15, 0.2) is 0 Å². The van der Waals surface area contributed by atoms with E-state index in [4.69, 9.17) is 10.00 Å². The van der Waals surface area contributed by atoms with E-state index >= 15 is 0 Å². The van der Waals surface area contributed by atoms with E-state index in [0.29, 0.717) is 0 Å². The summed E-state index contributed by atoms with van der Waals surface area (Å²) in [7, 11) is 1.68. The molecule has 0 atom stereocenters. The van der Waals surface area contributed by atoms with Crippen LogP contribution in [0.3, 0.4) is 0 Å². The Balaban J connectivity index is 2.33. The molecule has 0 aliphatic heterocycles. The number of nitrogens with zero attached hydrogens (tertiary/aromatic N) is 1. The minimum atomic E-state index is -0.186. The van der Waals surface area contributed by atoms with Gasteiger partial charge >= 0.3 is 0 Å². The minimum absolute atomic E-state index is 0.186. The van der Waals surface area contributed by atoms with Gasteiger partial charge in [-0.05, 0) is 49.9 Å². The van der Waals surface area contributed by atoms with Crippen molar-refractivity contribution < 1.29 is 4.74 Å². The maximum atomic E-state index is 9.09. The van der Waals surface area contributed by atoms with Crippen LogP contribution >= 0.6 is 11.8 Å². The summed E-state index contributed by atoms with van der Waals surface area (Å²) in [5.74, 6) is 0.884. The Morgan fingerprint density at radius 3 is 2.44 bits per heavy atom. The lowest BCUT2D eigenvalue weighted by atomic mass is 10.1. The molecule has 2 rings (SSSR count). The van der Waals surface area contributed by atoms with Crippen molar-refractivity contribution in [2.24, 2.45) is 0 Å². The average Bonchev–Trinajstić information content (AvgIpc) is 3.04. The Morgan fingerprint density at radius 2 is 1.94 bits per heavy atom. The Kier molecular flexibility index (Phi) is 2.86. The second kappa shape index (κ2) is 4.03. The van der Waals surface area contributed by atoms with Gasteiger partial charge in [0.2, 0.25) is 0 Å². The van der Waals surface area contributed by atoms with Crippen molar-refractivity contribution in [3.63, 3.8) is 0 Å². The van der Waals surface area contributed by atoms with Crippen molar-refractivity contribution in [2.45, 2.75) is 36.3 Å². The Bertz CT molecular complexity index is 458. The number of hydrogen-bond donors (Lipinski definition) is 0. The van der Waals surface area contributed by atoms with Crippen molar-refractivity contribution >= 4 is 11.8 Å². The zero-order valence-electron chi connectivity index (χ0n) is 9.83. The quantitative estimate of drug-likeness (QED) is 0.801. The van der Waals surface area contributed by atoms with E-state index in [2.05, 4.69) is 26.0 Å². The molecule has 1 aliphatic carbocycles. The molecule has 1 aliphatic rings. The molecule has 0 saturated heterocycles. The molecule has 2 nitrogen and oxygen atoms in total. The number of nitriles is 1. The Morgan fingerprint density at radius 1 is 1.31 bits per heavy atom. The van der Waals surface area contributed by atoms with Crippen LogP contribution in [-0.2, 0) is 0 Å². The normalized spacial score (nSPS) is 16.6. The van der Waals surface area contributed by atoms with Gasteiger partial charge in [-0.25, -0.2) is 0 Å². The van der Waals surface area contributed by atoms with E-state index in [9.17, 15) is 0 Å². The molecule has 0 spiro atoms. The van der Waals surface area contributed by atoms with Crippen LogP contribution in [0.5, 0.6) is 5.75 Å². The Labute approximate surface area is 101 Å². The number of thioether (sulfide) groups is 1. The number of benzene rings is 1. The fourth-order valence-corrected chi connectivity index (χ4v) is 2.81. The third-order valence-electron chi connectivity index (χ3n) is 2.99. The van der Waals surface area contributed by atoms with Crippen LogP contribution in [0.2, 0.25) is 0 Å². The first kappa shape index (κ1) is 11.3. The number of aryl methyl sites for hydroxylation is 2. The zero-order chi connectivity index (χ0) is 11.8. The second-order valence-electron chi connectivity index (χ2n) is 4.30. The summed E-state index contributed by atoms with van der Waals surface area (Å²) in [5, 5.41) is 9.09. The lowest BCUT2D eigenvalue weighted by Gasteiger charge is -2.13. The summed E-state index contributed by atoms with van der Waals surface area (Å²) in [6.07, 6.45) is 1.98. The molecule has 1 saturated carbocycles. The summed E-state index contributed by atoms with van der Waals surface area (Å²) in [4.78, 5) is 1.09.